The zero-order valence-corrected chi connectivity index (χ0v) is 15.7. The zero-order valence-electron chi connectivity index (χ0n) is 15.7. The van der Waals surface area contributed by atoms with Crippen LogP contribution in [-0.2, 0) is 16.1 Å². The van der Waals surface area contributed by atoms with Crippen molar-refractivity contribution in [1.82, 2.24) is 10.2 Å². The van der Waals surface area contributed by atoms with Gasteiger partial charge in [0, 0.05) is 12.1 Å². The number of ether oxygens (including phenoxy) is 1. The Bertz CT molecular complexity index is 564. The first kappa shape index (κ1) is 19.3. The summed E-state index contributed by atoms with van der Waals surface area (Å²) in [5.74, 6) is -0.424. The summed E-state index contributed by atoms with van der Waals surface area (Å²) < 4.78 is 5.42. The number of carbonyl (C=O) groups is 2. The second-order valence-electron chi connectivity index (χ2n) is 7.30. The highest BCUT2D eigenvalue weighted by molar-refractivity contribution is 5.84. The van der Waals surface area contributed by atoms with Crippen molar-refractivity contribution >= 4 is 12.0 Å². The number of piperidine rings is 1. The Morgan fingerprint density at radius 2 is 1.76 bits per heavy atom. The first-order valence-corrected chi connectivity index (χ1v) is 9.19. The normalized spacial score (nSPS) is 21.7. The fraction of sp³-hybridized carbons (Fsp3) is 0.600. The first-order chi connectivity index (χ1) is 11.9. The lowest BCUT2D eigenvalue weighted by molar-refractivity contribution is -0.148. The Kier molecular flexibility index (Phi) is 6.85. The van der Waals surface area contributed by atoms with Gasteiger partial charge in [0.05, 0.1) is 0 Å². The highest BCUT2D eigenvalue weighted by atomic mass is 16.5. The number of nitrogens with zero attached hydrogens (tertiary/aromatic N) is 1. The number of carbonyl (C=O) groups excluding carboxylic acids is 2. The molecule has 1 aromatic rings. The SMILES string of the molecule is CC(C)[C@H](NC(=O)N1[C@H](C)CCC[C@@H]1C)C(=O)OCc1ccccc1. The van der Waals surface area contributed by atoms with Crippen LogP contribution >= 0.6 is 0 Å². The number of likely N-dealkylation sites (tertiary alicyclic amines) is 1. The van der Waals surface area contributed by atoms with Gasteiger partial charge in [0.25, 0.3) is 0 Å². The molecular weight excluding hydrogens is 316 g/mol. The summed E-state index contributed by atoms with van der Waals surface area (Å²) in [7, 11) is 0. The number of hydrogen-bond donors (Lipinski definition) is 1. The van der Waals surface area contributed by atoms with E-state index < -0.39 is 6.04 Å². The molecule has 2 rings (SSSR count). The maximum atomic E-state index is 12.7. The molecule has 0 aromatic heterocycles. The number of amides is 2. The summed E-state index contributed by atoms with van der Waals surface area (Å²) >= 11 is 0. The minimum Gasteiger partial charge on any atom is -0.459 e. The van der Waals surface area contributed by atoms with E-state index in [1.54, 1.807) is 0 Å². The summed E-state index contributed by atoms with van der Waals surface area (Å²) in [6, 6.07) is 9.12. The molecule has 1 N–H and O–H groups in total. The Morgan fingerprint density at radius 3 is 2.32 bits per heavy atom. The number of urea groups is 1. The largest absolute Gasteiger partial charge is 0.459 e. The fourth-order valence-electron chi connectivity index (χ4n) is 3.35. The first-order valence-electron chi connectivity index (χ1n) is 9.19. The number of benzene rings is 1. The molecular formula is C20H30N2O3. The van der Waals surface area contributed by atoms with Gasteiger partial charge >= 0.3 is 12.0 Å². The summed E-state index contributed by atoms with van der Waals surface area (Å²) in [6.45, 7) is 8.17. The van der Waals surface area contributed by atoms with Gasteiger partial charge in [-0.3, -0.25) is 0 Å². The summed E-state index contributed by atoms with van der Waals surface area (Å²) in [6.07, 6.45) is 3.14. The molecule has 1 aliphatic rings. The van der Waals surface area contributed by atoms with E-state index in [0.717, 1.165) is 24.8 Å². The molecule has 0 unspecified atom stereocenters. The third kappa shape index (κ3) is 5.21. The predicted molar refractivity (Wildman–Crippen MR) is 98.0 cm³/mol. The molecule has 138 valence electrons. The van der Waals surface area contributed by atoms with Gasteiger partial charge in [-0.05, 0) is 44.6 Å². The molecule has 0 saturated carbocycles. The summed E-state index contributed by atoms with van der Waals surface area (Å²) in [5.41, 5.74) is 0.933. The summed E-state index contributed by atoms with van der Waals surface area (Å²) in [4.78, 5) is 27.1. The van der Waals surface area contributed by atoms with E-state index in [0.29, 0.717) is 0 Å². The molecule has 0 aliphatic carbocycles. The van der Waals surface area contributed by atoms with Crippen LogP contribution in [0.25, 0.3) is 0 Å². The molecule has 0 bridgehead atoms. The molecule has 0 radical (unpaired) electrons. The van der Waals surface area contributed by atoms with Crippen LogP contribution in [0.5, 0.6) is 0 Å². The van der Waals surface area contributed by atoms with Crippen molar-refractivity contribution in [1.29, 1.82) is 0 Å². The van der Waals surface area contributed by atoms with E-state index in [2.05, 4.69) is 19.2 Å². The van der Waals surface area contributed by atoms with Crippen molar-refractivity contribution in [2.45, 2.75) is 71.7 Å². The quantitative estimate of drug-likeness (QED) is 0.827. The molecule has 0 spiro atoms. The van der Waals surface area contributed by atoms with Crippen molar-refractivity contribution in [2.75, 3.05) is 0 Å². The number of esters is 1. The van der Waals surface area contributed by atoms with E-state index in [4.69, 9.17) is 4.74 Å². The second kappa shape index (κ2) is 8.88. The van der Waals surface area contributed by atoms with Crippen LogP contribution in [0, 0.1) is 5.92 Å². The van der Waals surface area contributed by atoms with Crippen LogP contribution in [0.3, 0.4) is 0 Å². The molecule has 1 aromatic carbocycles. The summed E-state index contributed by atoms with van der Waals surface area (Å²) in [5, 5.41) is 2.90. The van der Waals surface area contributed by atoms with E-state index in [1.165, 1.54) is 0 Å². The zero-order chi connectivity index (χ0) is 18.4. The van der Waals surface area contributed by atoms with Crippen molar-refractivity contribution in [3.63, 3.8) is 0 Å². The van der Waals surface area contributed by atoms with Crippen LogP contribution in [0.1, 0.15) is 52.5 Å². The van der Waals surface area contributed by atoms with Gasteiger partial charge in [0.15, 0.2) is 0 Å². The van der Waals surface area contributed by atoms with E-state index in [1.807, 2.05) is 49.1 Å². The van der Waals surface area contributed by atoms with Crippen LogP contribution in [0.4, 0.5) is 4.79 Å². The molecule has 2 amide bonds. The lowest BCUT2D eigenvalue weighted by atomic mass is 9.98. The third-order valence-corrected chi connectivity index (χ3v) is 4.85. The fourth-order valence-corrected chi connectivity index (χ4v) is 3.35. The van der Waals surface area contributed by atoms with Crippen molar-refractivity contribution in [3.8, 4) is 0 Å². The van der Waals surface area contributed by atoms with Crippen LogP contribution < -0.4 is 5.32 Å². The van der Waals surface area contributed by atoms with Gasteiger partial charge in [-0.1, -0.05) is 44.2 Å². The van der Waals surface area contributed by atoms with E-state index >= 15 is 0 Å². The maximum absolute atomic E-state index is 12.7. The van der Waals surface area contributed by atoms with Crippen molar-refractivity contribution < 1.29 is 14.3 Å². The average Bonchev–Trinajstić information content (AvgIpc) is 2.58. The molecule has 1 fully saturated rings. The molecule has 5 nitrogen and oxygen atoms in total. The van der Waals surface area contributed by atoms with E-state index in [-0.39, 0.29) is 36.6 Å². The van der Waals surface area contributed by atoms with Gasteiger partial charge < -0.3 is 15.0 Å². The Balaban J connectivity index is 1.97. The highest BCUT2D eigenvalue weighted by Crippen LogP contribution is 2.22. The minimum absolute atomic E-state index is 0.0392. The second-order valence-corrected chi connectivity index (χ2v) is 7.30. The van der Waals surface area contributed by atoms with Crippen LogP contribution in [0.15, 0.2) is 30.3 Å². The van der Waals surface area contributed by atoms with Crippen molar-refractivity contribution in [2.24, 2.45) is 5.92 Å². The molecule has 5 heteroatoms. The molecule has 3 atom stereocenters. The van der Waals surface area contributed by atoms with Gasteiger partial charge in [-0.15, -0.1) is 0 Å². The average molecular weight is 346 g/mol. The monoisotopic (exact) mass is 346 g/mol. The predicted octanol–water partition coefficient (Wildman–Crippen LogP) is 3.73. The molecule has 1 aliphatic heterocycles. The molecule has 1 saturated heterocycles. The van der Waals surface area contributed by atoms with Gasteiger partial charge in [0.1, 0.15) is 12.6 Å². The Hall–Kier alpha value is -2.04. The van der Waals surface area contributed by atoms with E-state index in [9.17, 15) is 9.59 Å². The standard InChI is InChI=1S/C20H30N2O3/c1-14(2)18(19(23)25-13-17-11-6-5-7-12-17)21-20(24)22-15(3)9-8-10-16(22)4/h5-7,11-12,14-16,18H,8-10,13H2,1-4H3,(H,21,24)/t15-,16+,18-/m0/s1. The van der Waals surface area contributed by atoms with Gasteiger partial charge in [-0.2, -0.15) is 0 Å². The Morgan fingerprint density at radius 1 is 1.16 bits per heavy atom. The minimum atomic E-state index is -0.641. The van der Waals surface area contributed by atoms with Gasteiger partial charge in [-0.25, -0.2) is 9.59 Å². The van der Waals surface area contributed by atoms with Crippen LogP contribution in [0.2, 0.25) is 0 Å². The highest BCUT2D eigenvalue weighted by Gasteiger charge is 2.33. The molecule has 25 heavy (non-hydrogen) atoms. The van der Waals surface area contributed by atoms with Crippen LogP contribution in [-0.4, -0.2) is 35.0 Å². The lowest BCUT2D eigenvalue weighted by Crippen LogP contribution is -2.56. The third-order valence-electron chi connectivity index (χ3n) is 4.85. The smallest absolute Gasteiger partial charge is 0.329 e. The number of hydrogen-bond acceptors (Lipinski definition) is 3. The number of rotatable bonds is 5. The topological polar surface area (TPSA) is 58.6 Å². The maximum Gasteiger partial charge on any atom is 0.329 e. The number of nitrogens with one attached hydrogen (secondary N) is 1. The lowest BCUT2D eigenvalue weighted by Gasteiger charge is -2.39. The van der Waals surface area contributed by atoms with Gasteiger partial charge in [0.2, 0.25) is 0 Å². The van der Waals surface area contributed by atoms with Crippen molar-refractivity contribution in [3.05, 3.63) is 35.9 Å². The Labute approximate surface area is 150 Å². The molecule has 1 heterocycles.